The Morgan fingerprint density at radius 1 is 1.22 bits per heavy atom. The topological polar surface area (TPSA) is 67.8 Å². The number of anilines is 1. The van der Waals surface area contributed by atoms with Crippen LogP contribution < -0.4 is 5.32 Å². The lowest BCUT2D eigenvalue weighted by Crippen LogP contribution is -2.14. The van der Waals surface area contributed by atoms with E-state index in [1.54, 1.807) is 18.3 Å². The lowest BCUT2D eigenvalue weighted by atomic mass is 10.2. The van der Waals surface area contributed by atoms with Crippen LogP contribution in [0.5, 0.6) is 0 Å². The Kier molecular flexibility index (Phi) is 4.11. The van der Waals surface area contributed by atoms with Crippen LogP contribution in [0.2, 0.25) is 10.3 Å². The van der Waals surface area contributed by atoms with Crippen LogP contribution in [0.15, 0.2) is 29.3 Å². The largest absolute Gasteiger partial charge is 0.317 e. The van der Waals surface area contributed by atoms with Crippen molar-refractivity contribution in [2.45, 2.75) is 0 Å². The summed E-state index contributed by atoms with van der Waals surface area (Å²) in [6.07, 6.45) is 2.77. The first-order chi connectivity index (χ1) is 8.59. The van der Waals surface area contributed by atoms with Gasteiger partial charge in [0.1, 0.15) is 16.6 Å². The van der Waals surface area contributed by atoms with Crippen LogP contribution in [-0.4, -0.2) is 20.9 Å². The number of carbonyl (C=O) groups excluding carboxylic acids is 1. The number of pyridine rings is 1. The number of halogens is 3. The Balaban J connectivity index is 2.30. The number of hydrogen-bond donors (Lipinski definition) is 1. The van der Waals surface area contributed by atoms with E-state index in [2.05, 4.69) is 36.2 Å². The minimum absolute atomic E-state index is 0.0726. The highest BCUT2D eigenvalue weighted by Crippen LogP contribution is 2.26. The summed E-state index contributed by atoms with van der Waals surface area (Å²) in [4.78, 5) is 23.4. The van der Waals surface area contributed by atoms with Gasteiger partial charge in [-0.05, 0) is 28.1 Å². The van der Waals surface area contributed by atoms with Crippen molar-refractivity contribution >= 4 is 50.7 Å². The van der Waals surface area contributed by atoms with Gasteiger partial charge in [-0.1, -0.05) is 23.2 Å². The van der Waals surface area contributed by atoms with Crippen LogP contribution in [-0.2, 0) is 0 Å². The Morgan fingerprint density at radius 3 is 2.50 bits per heavy atom. The summed E-state index contributed by atoms with van der Waals surface area (Å²) in [7, 11) is 0. The van der Waals surface area contributed by atoms with Crippen LogP contribution in [0.1, 0.15) is 10.4 Å². The van der Waals surface area contributed by atoms with Gasteiger partial charge in [0.15, 0.2) is 10.3 Å². The maximum absolute atomic E-state index is 12.0. The van der Waals surface area contributed by atoms with E-state index < -0.39 is 5.91 Å². The van der Waals surface area contributed by atoms with Crippen molar-refractivity contribution in [1.29, 1.82) is 0 Å². The van der Waals surface area contributed by atoms with Crippen molar-refractivity contribution in [3.05, 3.63) is 45.1 Å². The van der Waals surface area contributed by atoms with Gasteiger partial charge in [-0.3, -0.25) is 4.79 Å². The van der Waals surface area contributed by atoms with E-state index in [-0.39, 0.29) is 16.0 Å². The number of aromatic nitrogens is 3. The summed E-state index contributed by atoms with van der Waals surface area (Å²) >= 11 is 14.8. The van der Waals surface area contributed by atoms with Gasteiger partial charge >= 0.3 is 0 Å². The van der Waals surface area contributed by atoms with Gasteiger partial charge in [-0.2, -0.15) is 0 Å². The van der Waals surface area contributed by atoms with Crippen molar-refractivity contribution in [3.8, 4) is 0 Å². The molecule has 0 bridgehead atoms. The number of hydrogen-bond acceptors (Lipinski definition) is 4. The fourth-order valence-electron chi connectivity index (χ4n) is 1.18. The van der Waals surface area contributed by atoms with Gasteiger partial charge in [-0.25, -0.2) is 15.0 Å². The van der Waals surface area contributed by atoms with E-state index in [9.17, 15) is 4.79 Å². The number of nitrogens with one attached hydrogen (secondary N) is 1. The third kappa shape index (κ3) is 2.77. The highest BCUT2D eigenvalue weighted by molar-refractivity contribution is 9.10. The second-order valence-corrected chi connectivity index (χ2v) is 4.59. The minimum Gasteiger partial charge on any atom is -0.317 e. The Labute approximate surface area is 121 Å². The fraction of sp³-hybridized carbons (Fsp3) is 0. The minimum atomic E-state index is -0.409. The molecular formula is C10H5BrCl2N4O. The first kappa shape index (κ1) is 13.2. The first-order valence-corrected chi connectivity index (χ1v) is 6.22. The zero-order valence-electron chi connectivity index (χ0n) is 8.69. The Bertz CT molecular complexity index is 588. The first-order valence-electron chi connectivity index (χ1n) is 4.67. The molecule has 0 atom stereocenters. The lowest BCUT2D eigenvalue weighted by Gasteiger charge is -2.08. The predicted octanol–water partition coefficient (Wildman–Crippen LogP) is 3.19. The van der Waals surface area contributed by atoms with Crippen molar-refractivity contribution < 1.29 is 4.79 Å². The molecule has 0 fully saturated rings. The molecule has 0 spiro atoms. The van der Waals surface area contributed by atoms with Gasteiger partial charge < -0.3 is 5.32 Å². The smallest absolute Gasteiger partial charge is 0.258 e. The van der Waals surface area contributed by atoms with Crippen LogP contribution in [0.25, 0.3) is 0 Å². The average Bonchev–Trinajstić information content (AvgIpc) is 2.34. The van der Waals surface area contributed by atoms with E-state index in [0.29, 0.717) is 10.2 Å². The van der Waals surface area contributed by atoms with Gasteiger partial charge in [0.25, 0.3) is 5.91 Å². The van der Waals surface area contributed by atoms with Crippen molar-refractivity contribution in [3.63, 3.8) is 0 Å². The summed E-state index contributed by atoms with van der Waals surface area (Å²) in [6.45, 7) is 0. The summed E-state index contributed by atoms with van der Waals surface area (Å²) in [5.74, 6) is -0.409. The quantitative estimate of drug-likeness (QED) is 0.669. The van der Waals surface area contributed by atoms with Gasteiger partial charge in [-0.15, -0.1) is 0 Å². The molecule has 18 heavy (non-hydrogen) atoms. The molecule has 0 aliphatic rings. The monoisotopic (exact) mass is 346 g/mol. The second kappa shape index (κ2) is 5.60. The summed E-state index contributed by atoms with van der Waals surface area (Å²) in [6, 6.07) is 3.25. The van der Waals surface area contributed by atoms with Crippen LogP contribution in [0.4, 0.5) is 5.69 Å². The molecule has 1 N–H and O–H groups in total. The average molecular weight is 348 g/mol. The van der Waals surface area contributed by atoms with E-state index in [0.717, 1.165) is 0 Å². The highest BCUT2D eigenvalue weighted by atomic mass is 79.9. The van der Waals surface area contributed by atoms with E-state index in [4.69, 9.17) is 23.2 Å². The molecule has 0 aliphatic carbocycles. The highest BCUT2D eigenvalue weighted by Gasteiger charge is 2.15. The van der Waals surface area contributed by atoms with Gasteiger partial charge in [0.05, 0.1) is 5.56 Å². The van der Waals surface area contributed by atoms with Crippen molar-refractivity contribution in [2.75, 3.05) is 5.32 Å². The van der Waals surface area contributed by atoms with Crippen molar-refractivity contribution in [2.24, 2.45) is 0 Å². The molecule has 8 heteroatoms. The molecule has 5 nitrogen and oxygen atoms in total. The molecule has 0 unspecified atom stereocenters. The molecule has 0 saturated heterocycles. The fourth-order valence-corrected chi connectivity index (χ4v) is 2.02. The zero-order valence-corrected chi connectivity index (χ0v) is 11.8. The number of nitrogens with zero attached hydrogens (tertiary/aromatic N) is 3. The molecule has 2 rings (SSSR count). The van der Waals surface area contributed by atoms with Crippen LogP contribution in [0.3, 0.4) is 0 Å². The van der Waals surface area contributed by atoms with E-state index in [1.165, 1.54) is 6.33 Å². The molecular weight excluding hydrogens is 343 g/mol. The van der Waals surface area contributed by atoms with Crippen molar-refractivity contribution in [1.82, 2.24) is 15.0 Å². The molecule has 0 saturated carbocycles. The summed E-state index contributed by atoms with van der Waals surface area (Å²) in [5, 5.41) is 2.68. The molecule has 0 radical (unpaired) electrons. The maximum atomic E-state index is 12.0. The Hall–Kier alpha value is -1.24. The third-order valence-electron chi connectivity index (χ3n) is 2.00. The van der Waals surface area contributed by atoms with Gasteiger partial charge in [0.2, 0.25) is 0 Å². The van der Waals surface area contributed by atoms with Gasteiger partial charge in [0, 0.05) is 6.20 Å². The summed E-state index contributed by atoms with van der Waals surface area (Å²) < 4.78 is 0.423. The SMILES string of the molecule is O=C(Nc1c(Cl)ncnc1Cl)c1cccnc1Br. The number of rotatable bonds is 2. The molecule has 2 aromatic rings. The van der Waals surface area contributed by atoms with Crippen LogP contribution in [0, 0.1) is 0 Å². The zero-order chi connectivity index (χ0) is 13.1. The molecule has 0 aromatic carbocycles. The number of amides is 1. The normalized spacial score (nSPS) is 10.2. The molecule has 2 aromatic heterocycles. The second-order valence-electron chi connectivity index (χ2n) is 3.13. The maximum Gasteiger partial charge on any atom is 0.258 e. The molecule has 92 valence electrons. The summed E-state index contributed by atoms with van der Waals surface area (Å²) in [5.41, 5.74) is 0.523. The lowest BCUT2D eigenvalue weighted by molar-refractivity contribution is 0.102. The molecule has 2 heterocycles. The predicted molar refractivity (Wildman–Crippen MR) is 71.9 cm³/mol. The van der Waals surface area contributed by atoms with E-state index >= 15 is 0 Å². The molecule has 0 aliphatic heterocycles. The Morgan fingerprint density at radius 2 is 1.89 bits per heavy atom. The van der Waals surface area contributed by atoms with Crippen LogP contribution >= 0.6 is 39.1 Å². The third-order valence-corrected chi connectivity index (χ3v) is 3.20. The van der Waals surface area contributed by atoms with E-state index in [1.807, 2.05) is 0 Å². The molecule has 1 amide bonds. The standard InChI is InChI=1S/C10H5BrCl2N4O/c11-7-5(2-1-3-14-7)10(18)17-6-8(12)15-4-16-9(6)13/h1-4H,(H,17,18). The number of carbonyl (C=O) groups is 1.